The average Bonchev–Trinajstić information content (AvgIpc) is 2.63. The summed E-state index contributed by atoms with van der Waals surface area (Å²) >= 11 is 0. The van der Waals surface area contributed by atoms with Crippen LogP contribution in [0.2, 0.25) is 0 Å². The molecular formula is C13H18N2O. The van der Waals surface area contributed by atoms with E-state index in [1.54, 1.807) is 0 Å². The number of fused-ring (bicyclic) bond motifs is 1. The van der Waals surface area contributed by atoms with Gasteiger partial charge in [0.25, 0.3) is 0 Å². The summed E-state index contributed by atoms with van der Waals surface area (Å²) in [4.78, 5) is 0. The van der Waals surface area contributed by atoms with Crippen LogP contribution in [0.4, 0.5) is 0 Å². The Morgan fingerprint density at radius 2 is 2.19 bits per heavy atom. The summed E-state index contributed by atoms with van der Waals surface area (Å²) in [6, 6.07) is 6.18. The highest BCUT2D eigenvalue weighted by atomic mass is 16.5. The van der Waals surface area contributed by atoms with E-state index in [9.17, 15) is 0 Å². The van der Waals surface area contributed by atoms with Crippen molar-refractivity contribution < 1.29 is 4.52 Å². The Kier molecular flexibility index (Phi) is 3.25. The van der Waals surface area contributed by atoms with Gasteiger partial charge in [0.15, 0.2) is 5.58 Å². The molecule has 1 heterocycles. The zero-order valence-electron chi connectivity index (χ0n) is 9.86. The number of benzene rings is 1. The molecule has 0 radical (unpaired) electrons. The van der Waals surface area contributed by atoms with Gasteiger partial charge >= 0.3 is 0 Å². The van der Waals surface area contributed by atoms with Crippen LogP contribution < -0.4 is 5.73 Å². The number of nitrogens with zero attached hydrogens (tertiary/aromatic N) is 1. The lowest BCUT2D eigenvalue weighted by Crippen LogP contribution is -2.02. The molecule has 0 saturated carbocycles. The molecule has 16 heavy (non-hydrogen) atoms. The fraction of sp³-hybridized carbons (Fsp3) is 0.462. The standard InChI is InChI=1S/C13H18N2O/c1-9(2)8-12-11-5-3-4-10(6-7-14)13(11)16-15-12/h3-5,9H,6-8,14H2,1-2H3. The Labute approximate surface area is 95.6 Å². The van der Waals surface area contributed by atoms with Gasteiger partial charge in [-0.1, -0.05) is 31.1 Å². The molecule has 0 saturated heterocycles. The number of para-hydroxylation sites is 1. The summed E-state index contributed by atoms with van der Waals surface area (Å²) in [6.07, 6.45) is 1.80. The Hall–Kier alpha value is -1.35. The zero-order valence-corrected chi connectivity index (χ0v) is 9.86. The molecule has 2 aromatic rings. The number of nitrogens with two attached hydrogens (primary N) is 1. The molecule has 1 aromatic heterocycles. The topological polar surface area (TPSA) is 52.0 Å². The zero-order chi connectivity index (χ0) is 11.5. The third-order valence-corrected chi connectivity index (χ3v) is 2.67. The highest BCUT2D eigenvalue weighted by Gasteiger charge is 2.12. The maximum absolute atomic E-state index is 5.58. The first-order valence-electron chi connectivity index (χ1n) is 5.78. The summed E-state index contributed by atoms with van der Waals surface area (Å²) in [6.45, 7) is 5.01. The quantitative estimate of drug-likeness (QED) is 0.858. The van der Waals surface area contributed by atoms with Crippen LogP contribution in [0.1, 0.15) is 25.1 Å². The van der Waals surface area contributed by atoms with E-state index in [1.165, 1.54) is 0 Å². The predicted molar refractivity (Wildman–Crippen MR) is 65.3 cm³/mol. The van der Waals surface area contributed by atoms with Crippen molar-refractivity contribution in [1.29, 1.82) is 0 Å². The molecular weight excluding hydrogens is 200 g/mol. The van der Waals surface area contributed by atoms with Gasteiger partial charge in [-0.05, 0) is 36.9 Å². The predicted octanol–water partition coefficient (Wildman–Crippen LogP) is 2.53. The minimum atomic E-state index is 0.589. The van der Waals surface area contributed by atoms with Gasteiger partial charge in [0.05, 0.1) is 5.69 Å². The first-order valence-corrected chi connectivity index (χ1v) is 5.78. The molecule has 3 nitrogen and oxygen atoms in total. The molecule has 0 unspecified atom stereocenters. The molecule has 86 valence electrons. The first-order chi connectivity index (χ1) is 7.72. The maximum Gasteiger partial charge on any atom is 0.170 e. The van der Waals surface area contributed by atoms with Crippen LogP contribution >= 0.6 is 0 Å². The molecule has 3 heteroatoms. The van der Waals surface area contributed by atoms with E-state index in [2.05, 4.69) is 31.1 Å². The molecule has 0 aliphatic carbocycles. The van der Waals surface area contributed by atoms with E-state index in [4.69, 9.17) is 10.3 Å². The van der Waals surface area contributed by atoms with Crippen molar-refractivity contribution >= 4 is 11.0 Å². The molecule has 2 N–H and O–H groups in total. The van der Waals surface area contributed by atoms with Crippen LogP contribution in [0.25, 0.3) is 11.0 Å². The Morgan fingerprint density at radius 3 is 2.88 bits per heavy atom. The van der Waals surface area contributed by atoms with E-state index >= 15 is 0 Å². The summed E-state index contributed by atoms with van der Waals surface area (Å²) in [5.74, 6) is 0.589. The lowest BCUT2D eigenvalue weighted by molar-refractivity contribution is 0.437. The lowest BCUT2D eigenvalue weighted by atomic mass is 10.0. The van der Waals surface area contributed by atoms with E-state index in [-0.39, 0.29) is 0 Å². The van der Waals surface area contributed by atoms with Gasteiger partial charge in [-0.3, -0.25) is 0 Å². The van der Waals surface area contributed by atoms with E-state index in [0.29, 0.717) is 12.5 Å². The van der Waals surface area contributed by atoms with Crippen LogP contribution in [-0.2, 0) is 12.8 Å². The number of hydrogen-bond donors (Lipinski definition) is 1. The van der Waals surface area contributed by atoms with Gasteiger partial charge in [0, 0.05) is 5.39 Å². The third-order valence-electron chi connectivity index (χ3n) is 2.67. The van der Waals surface area contributed by atoms with Crippen LogP contribution in [0.15, 0.2) is 22.7 Å². The van der Waals surface area contributed by atoms with Gasteiger partial charge in [-0.15, -0.1) is 0 Å². The minimum absolute atomic E-state index is 0.589. The first kappa shape index (κ1) is 11.1. The van der Waals surface area contributed by atoms with E-state index in [0.717, 1.165) is 35.1 Å². The summed E-state index contributed by atoms with van der Waals surface area (Å²) in [5, 5.41) is 5.30. The molecule has 2 rings (SSSR count). The summed E-state index contributed by atoms with van der Waals surface area (Å²) in [7, 11) is 0. The van der Waals surface area contributed by atoms with Crippen molar-refractivity contribution in [2.75, 3.05) is 6.54 Å². The van der Waals surface area contributed by atoms with Crippen LogP contribution in [0.3, 0.4) is 0 Å². The van der Waals surface area contributed by atoms with Crippen molar-refractivity contribution in [3.8, 4) is 0 Å². The second-order valence-corrected chi connectivity index (χ2v) is 4.56. The number of hydrogen-bond acceptors (Lipinski definition) is 3. The Balaban J connectivity index is 2.44. The van der Waals surface area contributed by atoms with E-state index < -0.39 is 0 Å². The molecule has 0 atom stereocenters. The second-order valence-electron chi connectivity index (χ2n) is 4.56. The molecule has 0 spiro atoms. The SMILES string of the molecule is CC(C)Cc1noc2c(CCN)cccc12. The fourth-order valence-corrected chi connectivity index (χ4v) is 1.96. The molecule has 0 aliphatic rings. The van der Waals surface area contributed by atoms with Crippen molar-refractivity contribution in [2.45, 2.75) is 26.7 Å². The van der Waals surface area contributed by atoms with Gasteiger partial charge in [-0.25, -0.2) is 0 Å². The average molecular weight is 218 g/mol. The lowest BCUT2D eigenvalue weighted by Gasteiger charge is -2.01. The normalized spacial score (nSPS) is 11.5. The summed E-state index contributed by atoms with van der Waals surface area (Å²) < 4.78 is 5.43. The largest absolute Gasteiger partial charge is 0.356 e. The van der Waals surface area contributed by atoms with Crippen LogP contribution in [0, 0.1) is 5.92 Å². The monoisotopic (exact) mass is 218 g/mol. The highest BCUT2D eigenvalue weighted by molar-refractivity contribution is 5.82. The number of rotatable bonds is 4. The Morgan fingerprint density at radius 1 is 1.38 bits per heavy atom. The summed E-state index contributed by atoms with van der Waals surface area (Å²) in [5.41, 5.74) is 8.70. The third kappa shape index (κ3) is 2.09. The van der Waals surface area contributed by atoms with Crippen LogP contribution in [0.5, 0.6) is 0 Å². The highest BCUT2D eigenvalue weighted by Crippen LogP contribution is 2.24. The fourth-order valence-electron chi connectivity index (χ4n) is 1.96. The molecule has 0 aliphatic heterocycles. The minimum Gasteiger partial charge on any atom is -0.356 e. The molecule has 0 fully saturated rings. The van der Waals surface area contributed by atoms with Crippen molar-refractivity contribution in [3.63, 3.8) is 0 Å². The van der Waals surface area contributed by atoms with Crippen LogP contribution in [-0.4, -0.2) is 11.7 Å². The van der Waals surface area contributed by atoms with Crippen molar-refractivity contribution in [3.05, 3.63) is 29.5 Å². The molecule has 1 aromatic carbocycles. The maximum atomic E-state index is 5.58. The van der Waals surface area contributed by atoms with Gasteiger partial charge in [0.2, 0.25) is 0 Å². The van der Waals surface area contributed by atoms with Crippen molar-refractivity contribution in [2.24, 2.45) is 11.7 Å². The molecule has 0 amide bonds. The van der Waals surface area contributed by atoms with E-state index in [1.807, 2.05) is 6.07 Å². The Bertz CT molecular complexity index is 474. The van der Waals surface area contributed by atoms with Gasteiger partial charge < -0.3 is 10.3 Å². The van der Waals surface area contributed by atoms with Gasteiger partial charge in [0.1, 0.15) is 0 Å². The second kappa shape index (κ2) is 4.66. The smallest absolute Gasteiger partial charge is 0.170 e. The van der Waals surface area contributed by atoms with Crippen molar-refractivity contribution in [1.82, 2.24) is 5.16 Å². The van der Waals surface area contributed by atoms with Gasteiger partial charge in [-0.2, -0.15) is 0 Å². The molecule has 0 bridgehead atoms. The number of aromatic nitrogens is 1.